The van der Waals surface area contributed by atoms with Crippen LogP contribution < -0.4 is 0 Å². The van der Waals surface area contributed by atoms with E-state index < -0.39 is 40.3 Å². The molecule has 0 aliphatic heterocycles. The zero-order valence-electron chi connectivity index (χ0n) is 23.3. The molecule has 2 aromatic heterocycles. The molecule has 2 aliphatic rings. The first-order valence-electron chi connectivity index (χ1n) is 14.1. The van der Waals surface area contributed by atoms with Gasteiger partial charge in [0, 0.05) is 11.1 Å². The average molecular weight is 649 g/mol. The minimum Gasteiger partial charge on any atom is -0.235 e. The lowest BCUT2D eigenvalue weighted by atomic mass is 9.96. The highest BCUT2D eigenvalue weighted by Crippen LogP contribution is 2.66. The number of nitrogens with zero attached hydrogens (tertiary/aromatic N) is 2. The molecule has 2 nitrogen and oxygen atoms in total. The summed E-state index contributed by atoms with van der Waals surface area (Å²) in [5.74, 6) is -16.3. The number of hydrogen-bond donors (Lipinski definition) is 0. The van der Waals surface area contributed by atoms with Crippen LogP contribution in [0.5, 0.6) is 0 Å². The maximum absolute atomic E-state index is 16.1. The van der Waals surface area contributed by atoms with Crippen molar-refractivity contribution in [2.75, 3.05) is 0 Å². The van der Waals surface area contributed by atoms with Gasteiger partial charge >= 0.3 is 17.8 Å². The van der Waals surface area contributed by atoms with Crippen LogP contribution in [0.25, 0.3) is 48.3 Å². The zero-order valence-corrected chi connectivity index (χ0v) is 24.9. The molecule has 10 heteroatoms. The average Bonchev–Trinajstić information content (AvgIpc) is 3.72. The summed E-state index contributed by atoms with van der Waals surface area (Å²) in [4.78, 5) is 9.02. The normalized spacial score (nSPS) is 18.3. The van der Waals surface area contributed by atoms with Crippen molar-refractivity contribution in [2.45, 2.75) is 30.6 Å². The zero-order chi connectivity index (χ0) is 31.4. The first-order valence-corrected chi connectivity index (χ1v) is 15.7. The number of hydrogen-bond acceptors (Lipinski definition) is 4. The first-order chi connectivity index (χ1) is 21.6. The van der Waals surface area contributed by atoms with E-state index in [1.165, 1.54) is 0 Å². The van der Waals surface area contributed by atoms with E-state index in [4.69, 9.17) is 0 Å². The SMILES string of the molecule is FC1(F)C(c2nc(-c3ccccc3)sc2C2=CCCC=C2)=C(c2nc(-c3ccccc3)sc2-c2ccccc2)C(F)(F)C1(F)F. The van der Waals surface area contributed by atoms with Crippen molar-refractivity contribution in [1.29, 1.82) is 0 Å². The molecular weight excluding hydrogens is 627 g/mol. The monoisotopic (exact) mass is 648 g/mol. The summed E-state index contributed by atoms with van der Waals surface area (Å²) in [5, 5.41) is 0.472. The molecule has 0 fully saturated rings. The molecule has 226 valence electrons. The van der Waals surface area contributed by atoms with Gasteiger partial charge in [0.1, 0.15) is 10.0 Å². The van der Waals surface area contributed by atoms with Crippen LogP contribution in [0.15, 0.2) is 109 Å². The van der Waals surface area contributed by atoms with Crippen LogP contribution in [-0.2, 0) is 0 Å². The predicted molar refractivity (Wildman–Crippen MR) is 169 cm³/mol. The van der Waals surface area contributed by atoms with Gasteiger partial charge in [-0.1, -0.05) is 109 Å². The van der Waals surface area contributed by atoms with Crippen molar-refractivity contribution in [2.24, 2.45) is 0 Å². The lowest BCUT2D eigenvalue weighted by Crippen LogP contribution is -2.49. The molecule has 3 aromatic carbocycles. The fourth-order valence-electron chi connectivity index (χ4n) is 5.51. The molecule has 0 radical (unpaired) electrons. The van der Waals surface area contributed by atoms with E-state index in [2.05, 4.69) is 9.97 Å². The van der Waals surface area contributed by atoms with Gasteiger partial charge in [-0.25, -0.2) is 9.97 Å². The van der Waals surface area contributed by atoms with Crippen LogP contribution in [0.1, 0.15) is 29.1 Å². The fourth-order valence-corrected chi connectivity index (χ4v) is 7.69. The van der Waals surface area contributed by atoms with E-state index in [-0.39, 0.29) is 19.8 Å². The molecule has 5 aromatic rings. The summed E-state index contributed by atoms with van der Waals surface area (Å²) in [7, 11) is 0. The number of rotatable bonds is 6. The smallest absolute Gasteiger partial charge is 0.235 e. The van der Waals surface area contributed by atoms with Gasteiger partial charge in [0.25, 0.3) is 0 Å². The Labute approximate surface area is 262 Å². The summed E-state index contributed by atoms with van der Waals surface area (Å²) in [5.41, 5.74) is -2.31. The Hall–Kier alpha value is -4.28. The molecular formula is C35H22F6N2S2. The lowest BCUT2D eigenvalue weighted by molar-refractivity contribution is -0.254. The fraction of sp³-hybridized carbons (Fsp3) is 0.143. The van der Waals surface area contributed by atoms with Gasteiger partial charge in [-0.05, 0) is 24.0 Å². The molecule has 0 bridgehead atoms. The molecule has 0 N–H and O–H groups in total. The molecule has 45 heavy (non-hydrogen) atoms. The lowest BCUT2D eigenvalue weighted by Gasteiger charge is -2.25. The maximum Gasteiger partial charge on any atom is 0.380 e. The number of benzene rings is 3. The van der Waals surface area contributed by atoms with Crippen LogP contribution >= 0.6 is 22.7 Å². The van der Waals surface area contributed by atoms with Gasteiger partial charge < -0.3 is 0 Å². The second kappa shape index (κ2) is 11.0. The quantitative estimate of drug-likeness (QED) is 0.171. The Morgan fingerprint density at radius 3 is 1.44 bits per heavy atom. The second-order valence-corrected chi connectivity index (χ2v) is 12.6. The standard InChI is InChI=1S/C35H22F6N2S2/c36-33(37)25(27-29(21-13-5-1-6-14-21)44-31(42-27)23-17-9-3-10-18-23)26(34(38,39)35(33,40)41)28-30(22-15-7-2-8-16-22)45-32(43-28)24-19-11-4-12-20-24/h1,3-7,9-20H,2,8H2. The van der Waals surface area contributed by atoms with Crippen molar-refractivity contribution in [3.8, 4) is 31.6 Å². The van der Waals surface area contributed by atoms with Gasteiger partial charge in [0.05, 0.1) is 32.3 Å². The third-order valence-electron chi connectivity index (χ3n) is 7.73. The summed E-state index contributed by atoms with van der Waals surface area (Å²) < 4.78 is 95.6. The van der Waals surface area contributed by atoms with Gasteiger partial charge in [0.2, 0.25) is 0 Å². The van der Waals surface area contributed by atoms with Crippen LogP contribution in [-0.4, -0.2) is 27.7 Å². The first kappa shape index (κ1) is 29.4. The van der Waals surface area contributed by atoms with Gasteiger partial charge in [0.15, 0.2) is 0 Å². The van der Waals surface area contributed by atoms with Crippen LogP contribution in [0.4, 0.5) is 26.3 Å². The summed E-state index contributed by atoms with van der Waals surface area (Å²) in [6.07, 6.45) is 6.56. The summed E-state index contributed by atoms with van der Waals surface area (Å²) >= 11 is 1.98. The van der Waals surface area contributed by atoms with E-state index >= 15 is 26.3 Å². The van der Waals surface area contributed by atoms with Crippen LogP contribution in [0.3, 0.4) is 0 Å². The molecule has 2 aliphatic carbocycles. The largest absolute Gasteiger partial charge is 0.380 e. The van der Waals surface area contributed by atoms with Gasteiger partial charge in [-0.2, -0.15) is 26.3 Å². The molecule has 0 unspecified atom stereocenters. The third-order valence-corrected chi connectivity index (χ3v) is 10.0. The van der Waals surface area contributed by atoms with E-state index in [1.807, 2.05) is 6.08 Å². The summed E-state index contributed by atoms with van der Waals surface area (Å²) in [6, 6.07) is 25.4. The molecule has 0 saturated heterocycles. The topological polar surface area (TPSA) is 25.8 Å². The van der Waals surface area contributed by atoms with Crippen LogP contribution in [0, 0.1) is 0 Å². The Balaban J connectivity index is 1.58. The highest BCUT2D eigenvalue weighted by atomic mass is 32.1. The van der Waals surface area contributed by atoms with Crippen LogP contribution in [0.2, 0.25) is 0 Å². The number of thiazole rings is 2. The maximum atomic E-state index is 16.1. The van der Waals surface area contributed by atoms with E-state index in [0.29, 0.717) is 35.1 Å². The molecule has 0 atom stereocenters. The Morgan fingerprint density at radius 2 is 0.978 bits per heavy atom. The molecule has 7 rings (SSSR count). The van der Waals surface area contributed by atoms with E-state index in [1.54, 1.807) is 103 Å². The minimum atomic E-state index is -5.75. The third kappa shape index (κ3) is 4.69. The van der Waals surface area contributed by atoms with E-state index in [0.717, 1.165) is 22.7 Å². The molecule has 0 amide bonds. The molecule has 0 spiro atoms. The van der Waals surface area contributed by atoms with Crippen molar-refractivity contribution < 1.29 is 26.3 Å². The van der Waals surface area contributed by atoms with Crippen molar-refractivity contribution in [3.05, 3.63) is 125 Å². The number of alkyl halides is 6. The van der Waals surface area contributed by atoms with Crippen molar-refractivity contribution in [3.63, 3.8) is 0 Å². The van der Waals surface area contributed by atoms with Gasteiger partial charge in [-0.15, -0.1) is 22.7 Å². The number of allylic oxidation sites excluding steroid dienone is 6. The Kier molecular flexibility index (Phi) is 7.17. The summed E-state index contributed by atoms with van der Waals surface area (Å²) in [6.45, 7) is 0. The van der Waals surface area contributed by atoms with Crippen molar-refractivity contribution >= 4 is 39.4 Å². The predicted octanol–water partition coefficient (Wildman–Crippen LogP) is 11.2. The highest BCUT2D eigenvalue weighted by Gasteiger charge is 2.81. The number of aromatic nitrogens is 2. The number of halogens is 6. The molecule has 0 saturated carbocycles. The van der Waals surface area contributed by atoms with E-state index in [9.17, 15) is 0 Å². The van der Waals surface area contributed by atoms with Crippen molar-refractivity contribution in [1.82, 2.24) is 9.97 Å². The van der Waals surface area contributed by atoms with Gasteiger partial charge in [-0.3, -0.25) is 0 Å². The Morgan fingerprint density at radius 1 is 0.533 bits per heavy atom. The second-order valence-electron chi connectivity index (χ2n) is 10.6. The Bertz CT molecular complexity index is 1970. The highest BCUT2D eigenvalue weighted by molar-refractivity contribution is 7.18. The minimum absolute atomic E-state index is 0.0759. The molecule has 2 heterocycles.